The van der Waals surface area contributed by atoms with Crippen LogP contribution in [0, 0.1) is 11.6 Å². The van der Waals surface area contributed by atoms with E-state index >= 15 is 4.39 Å². The molecule has 4 fully saturated rings. The molecule has 2 bridgehead atoms. The summed E-state index contributed by atoms with van der Waals surface area (Å²) >= 11 is 0.711. The zero-order valence-electron chi connectivity index (χ0n) is 25.7. The highest BCUT2D eigenvalue weighted by molar-refractivity contribution is 7.22. The number of ether oxygens (including phenoxy) is 1. The van der Waals surface area contributed by atoms with Gasteiger partial charge in [-0.2, -0.15) is 31.9 Å². The van der Waals surface area contributed by atoms with Crippen molar-refractivity contribution in [1.29, 1.82) is 0 Å². The van der Waals surface area contributed by atoms with Crippen LogP contribution in [0.5, 0.6) is 6.01 Å². The molecule has 0 saturated carbocycles. The molecule has 260 valence electrons. The van der Waals surface area contributed by atoms with Gasteiger partial charge < -0.3 is 20.7 Å². The Bertz CT molecular complexity index is 2020. The summed E-state index contributed by atoms with van der Waals surface area (Å²) in [6.07, 6.45) is -4.79. The number of alkyl halides is 4. The van der Waals surface area contributed by atoms with E-state index in [-0.39, 0.29) is 76.8 Å². The molecule has 8 nitrogen and oxygen atoms in total. The summed E-state index contributed by atoms with van der Waals surface area (Å²) in [4.78, 5) is 16.3. The van der Waals surface area contributed by atoms with Crippen LogP contribution in [0.3, 0.4) is 0 Å². The van der Waals surface area contributed by atoms with Crippen molar-refractivity contribution >= 4 is 43.4 Å². The quantitative estimate of drug-likeness (QED) is 0.211. The lowest BCUT2D eigenvalue weighted by Crippen LogP contribution is -2.59. The third kappa shape index (κ3) is 5.44. The number of fused-ring (bicyclic) bond motifs is 5. The molecule has 4 saturated heterocycles. The van der Waals surface area contributed by atoms with Crippen molar-refractivity contribution in [3.05, 3.63) is 47.6 Å². The molecule has 0 aliphatic carbocycles. The molecule has 17 heteroatoms. The van der Waals surface area contributed by atoms with Gasteiger partial charge in [0.05, 0.1) is 26.9 Å². The monoisotopic (exact) mass is 711 g/mol. The zero-order valence-corrected chi connectivity index (χ0v) is 26.5. The lowest BCUT2D eigenvalue weighted by atomic mass is 9.94. The van der Waals surface area contributed by atoms with Gasteiger partial charge in [-0.15, -0.1) is 0 Å². The third-order valence-electron chi connectivity index (χ3n) is 10.2. The summed E-state index contributed by atoms with van der Waals surface area (Å²) in [6, 6.07) is 1.98. The Kier molecular flexibility index (Phi) is 7.50. The number of piperazine rings is 1. The highest BCUT2D eigenvalue weighted by atomic mass is 32.1. The van der Waals surface area contributed by atoms with Crippen LogP contribution in [-0.2, 0) is 6.18 Å². The van der Waals surface area contributed by atoms with E-state index in [9.17, 15) is 30.7 Å². The van der Waals surface area contributed by atoms with Gasteiger partial charge in [0.2, 0.25) is 0 Å². The summed E-state index contributed by atoms with van der Waals surface area (Å²) < 4.78 is 124. The van der Waals surface area contributed by atoms with E-state index in [0.717, 1.165) is 30.7 Å². The van der Waals surface area contributed by atoms with Crippen molar-refractivity contribution in [3.8, 4) is 17.1 Å². The van der Waals surface area contributed by atoms with Crippen molar-refractivity contribution in [2.45, 2.75) is 61.6 Å². The van der Waals surface area contributed by atoms with Gasteiger partial charge in [-0.05, 0) is 50.4 Å². The van der Waals surface area contributed by atoms with Gasteiger partial charge in [0, 0.05) is 54.7 Å². The number of aromatic nitrogens is 3. The summed E-state index contributed by atoms with van der Waals surface area (Å²) in [6.45, 7) is 0.935. The fraction of sp³-hybridized carbons (Fsp3) is 0.469. The van der Waals surface area contributed by atoms with Gasteiger partial charge >= 0.3 is 12.2 Å². The van der Waals surface area contributed by atoms with E-state index < -0.39 is 57.8 Å². The Labute approximate surface area is 277 Å². The Morgan fingerprint density at radius 2 is 1.94 bits per heavy atom. The first-order chi connectivity index (χ1) is 23.2. The molecule has 2 aromatic carbocycles. The van der Waals surface area contributed by atoms with Crippen molar-refractivity contribution in [2.24, 2.45) is 0 Å². The number of nitrogens with two attached hydrogens (primary N) is 1. The zero-order chi connectivity index (χ0) is 34.5. The molecule has 8 rings (SSSR count). The minimum atomic E-state index is -5.11. The molecular formula is C32H29F8N7OS. The maximum Gasteiger partial charge on any atom is 0.417 e. The number of rotatable bonds is 6. The molecule has 0 amide bonds. The minimum absolute atomic E-state index is 0.0475. The molecule has 4 aliphatic rings. The number of hydrogen-bond acceptors (Lipinski definition) is 9. The standard InChI is InChI=1S/C32H29F8N7OS/c33-15-9-31(5-1-7-47(31)11-15)14-48-29-43-24-18(27(44-29)46-12-16-4-6-30(13-46,45-16)10-21(35)36)8-19(32(38,39)40)22(23(24)37)17-2-3-20(34)26-25(17)42-28(41)49-26/h2-3,8,10,15-16,45H,1,4-7,9,11-14H2,(H2,41,42)/t15-,16-,30-,31+/m1/s1. The molecule has 4 aliphatic heterocycles. The van der Waals surface area contributed by atoms with E-state index in [2.05, 4.69) is 20.3 Å². The lowest BCUT2D eigenvalue weighted by Gasteiger charge is -2.40. The van der Waals surface area contributed by atoms with Gasteiger partial charge in [-0.25, -0.2) is 18.2 Å². The molecular weight excluding hydrogens is 682 g/mol. The first-order valence-corrected chi connectivity index (χ1v) is 16.6. The number of thiazole rings is 1. The second-order valence-electron chi connectivity index (χ2n) is 13.4. The predicted octanol–water partition coefficient (Wildman–Crippen LogP) is 6.83. The molecule has 49 heavy (non-hydrogen) atoms. The fourth-order valence-corrected chi connectivity index (χ4v) is 9.03. The molecule has 4 atom stereocenters. The largest absolute Gasteiger partial charge is 0.461 e. The Hall–Kier alpha value is -3.83. The molecule has 4 aromatic rings. The summed E-state index contributed by atoms with van der Waals surface area (Å²) in [5, 5.41) is 2.73. The van der Waals surface area contributed by atoms with Crippen molar-refractivity contribution in [1.82, 2.24) is 25.2 Å². The van der Waals surface area contributed by atoms with Crippen LogP contribution >= 0.6 is 11.3 Å². The number of hydrogen-bond donors (Lipinski definition) is 2. The SMILES string of the molecule is Nc1nc2c(-c3c(C(F)(F)F)cc4c(N5C[C@H]6CC[C@@](C=C(F)F)(C5)N6)nc(OC[C@@]56CCCN5C[C@H](F)C6)nc4c3F)ccc(F)c2s1. The maximum atomic E-state index is 16.9. The highest BCUT2D eigenvalue weighted by Gasteiger charge is 2.50. The van der Waals surface area contributed by atoms with Crippen LogP contribution in [0.2, 0.25) is 0 Å². The van der Waals surface area contributed by atoms with Crippen LogP contribution in [0.4, 0.5) is 46.1 Å². The molecule has 2 aromatic heterocycles. The second-order valence-corrected chi connectivity index (χ2v) is 14.4. The van der Waals surface area contributed by atoms with Gasteiger partial charge in [0.15, 0.2) is 10.9 Å². The predicted molar refractivity (Wildman–Crippen MR) is 167 cm³/mol. The van der Waals surface area contributed by atoms with Crippen LogP contribution in [0.25, 0.3) is 32.2 Å². The molecule has 0 unspecified atom stereocenters. The maximum absolute atomic E-state index is 16.9. The molecule has 0 radical (unpaired) electrons. The van der Waals surface area contributed by atoms with Crippen molar-refractivity contribution in [3.63, 3.8) is 0 Å². The van der Waals surface area contributed by atoms with Gasteiger partial charge in [-0.3, -0.25) is 4.90 Å². The highest BCUT2D eigenvalue weighted by Crippen LogP contribution is 2.47. The van der Waals surface area contributed by atoms with E-state index in [4.69, 9.17) is 10.5 Å². The first-order valence-electron chi connectivity index (χ1n) is 15.8. The summed E-state index contributed by atoms with van der Waals surface area (Å²) in [7, 11) is 0. The number of benzene rings is 2. The Morgan fingerprint density at radius 3 is 2.71 bits per heavy atom. The van der Waals surface area contributed by atoms with E-state index in [1.165, 1.54) is 0 Å². The summed E-state index contributed by atoms with van der Waals surface area (Å²) in [5.41, 5.74) is 0.515. The van der Waals surface area contributed by atoms with E-state index in [0.29, 0.717) is 37.1 Å². The van der Waals surface area contributed by atoms with E-state index in [1.807, 2.05) is 4.90 Å². The molecule has 0 spiro atoms. The number of nitrogens with one attached hydrogen (secondary N) is 1. The fourth-order valence-electron chi connectivity index (χ4n) is 8.27. The van der Waals surface area contributed by atoms with E-state index in [1.54, 1.807) is 4.90 Å². The Morgan fingerprint density at radius 1 is 1.12 bits per heavy atom. The summed E-state index contributed by atoms with van der Waals surface area (Å²) in [5.74, 6) is -2.29. The third-order valence-corrected chi connectivity index (χ3v) is 11.1. The number of nitrogen functional groups attached to an aromatic ring is 1. The Balaban J connectivity index is 1.33. The first kappa shape index (κ1) is 32.4. The second kappa shape index (κ2) is 11.3. The van der Waals surface area contributed by atoms with Crippen LogP contribution in [0.1, 0.15) is 37.7 Å². The average molecular weight is 712 g/mol. The van der Waals surface area contributed by atoms with Crippen LogP contribution < -0.4 is 20.7 Å². The number of anilines is 2. The lowest BCUT2D eigenvalue weighted by molar-refractivity contribution is -0.137. The number of halogens is 8. The topological polar surface area (TPSA) is 92.4 Å². The molecule has 6 heterocycles. The van der Waals surface area contributed by atoms with Gasteiger partial charge in [0.1, 0.15) is 29.9 Å². The average Bonchev–Trinajstić information content (AvgIpc) is 3.76. The van der Waals surface area contributed by atoms with Crippen LogP contribution in [0.15, 0.2) is 30.4 Å². The normalized spacial score (nSPS) is 27.0. The molecule has 3 N–H and O–H groups in total. The van der Waals surface area contributed by atoms with Crippen molar-refractivity contribution in [2.75, 3.05) is 43.4 Å². The van der Waals surface area contributed by atoms with Gasteiger partial charge in [-0.1, -0.05) is 11.3 Å². The number of nitrogens with zero attached hydrogens (tertiary/aromatic N) is 5. The smallest absolute Gasteiger partial charge is 0.417 e. The minimum Gasteiger partial charge on any atom is -0.461 e. The van der Waals surface area contributed by atoms with Crippen molar-refractivity contribution < 1.29 is 39.9 Å². The van der Waals surface area contributed by atoms with Crippen LogP contribution in [-0.4, -0.2) is 75.9 Å². The van der Waals surface area contributed by atoms with Gasteiger partial charge in [0.25, 0.3) is 6.08 Å².